The zero-order chi connectivity index (χ0) is 13.8. The van der Waals surface area contributed by atoms with Gasteiger partial charge >= 0.3 is 0 Å². The fourth-order valence-electron chi connectivity index (χ4n) is 3.23. The van der Waals surface area contributed by atoms with Crippen LogP contribution in [0.3, 0.4) is 0 Å². The first-order valence-corrected chi connectivity index (χ1v) is 7.74. The van der Waals surface area contributed by atoms with Crippen molar-refractivity contribution in [2.24, 2.45) is 0 Å². The molecule has 20 heavy (non-hydrogen) atoms. The summed E-state index contributed by atoms with van der Waals surface area (Å²) in [6, 6.07) is 20.8. The van der Waals surface area contributed by atoms with E-state index in [0.717, 1.165) is 6.42 Å². The van der Waals surface area contributed by atoms with Crippen LogP contribution in [0.2, 0.25) is 0 Å². The van der Waals surface area contributed by atoms with Crippen molar-refractivity contribution in [2.75, 3.05) is 0 Å². The molecule has 1 aliphatic carbocycles. The van der Waals surface area contributed by atoms with E-state index in [0.29, 0.717) is 12.1 Å². The molecule has 0 aliphatic heterocycles. The van der Waals surface area contributed by atoms with E-state index in [1.165, 1.54) is 36.0 Å². The molecule has 2 aromatic rings. The maximum absolute atomic E-state index is 3.87. The summed E-state index contributed by atoms with van der Waals surface area (Å²) in [7, 11) is 0. The molecule has 0 amide bonds. The highest BCUT2D eigenvalue weighted by molar-refractivity contribution is 5.34. The van der Waals surface area contributed by atoms with Crippen molar-refractivity contribution in [3.63, 3.8) is 0 Å². The van der Waals surface area contributed by atoms with Gasteiger partial charge in [-0.05, 0) is 42.4 Å². The fourth-order valence-corrected chi connectivity index (χ4v) is 3.23. The number of fused-ring (bicyclic) bond motifs is 1. The smallest absolute Gasteiger partial charge is 0.0328 e. The molecule has 1 N–H and O–H groups in total. The van der Waals surface area contributed by atoms with Crippen molar-refractivity contribution in [3.8, 4) is 0 Å². The van der Waals surface area contributed by atoms with E-state index >= 15 is 0 Å². The Morgan fingerprint density at radius 3 is 2.60 bits per heavy atom. The Hall–Kier alpha value is -1.60. The summed E-state index contributed by atoms with van der Waals surface area (Å²) >= 11 is 0. The summed E-state index contributed by atoms with van der Waals surface area (Å²) in [5.74, 6) is 0. The zero-order valence-corrected chi connectivity index (χ0v) is 12.2. The van der Waals surface area contributed by atoms with Crippen LogP contribution in [0, 0.1) is 0 Å². The van der Waals surface area contributed by atoms with Gasteiger partial charge in [0.1, 0.15) is 0 Å². The summed E-state index contributed by atoms with van der Waals surface area (Å²) < 4.78 is 0. The lowest BCUT2D eigenvalue weighted by Crippen LogP contribution is -2.33. The third-order valence-electron chi connectivity index (χ3n) is 4.39. The number of aryl methyl sites for hydroxylation is 1. The quantitative estimate of drug-likeness (QED) is 0.850. The number of rotatable bonds is 5. The summed E-state index contributed by atoms with van der Waals surface area (Å²) in [6.45, 7) is 2.28. The number of nitrogens with one attached hydrogen (secondary N) is 1. The van der Waals surface area contributed by atoms with Gasteiger partial charge in [-0.1, -0.05) is 61.5 Å². The Morgan fingerprint density at radius 1 is 1.05 bits per heavy atom. The molecule has 2 aromatic carbocycles. The minimum Gasteiger partial charge on any atom is -0.307 e. The molecular weight excluding hydrogens is 242 g/mol. The fraction of sp³-hybridized carbons (Fsp3) is 0.368. The minimum absolute atomic E-state index is 0.542. The van der Waals surface area contributed by atoms with Gasteiger partial charge < -0.3 is 5.32 Å². The van der Waals surface area contributed by atoms with Crippen LogP contribution >= 0.6 is 0 Å². The Kier molecular flexibility index (Phi) is 4.17. The lowest BCUT2D eigenvalue weighted by Gasteiger charge is -2.23. The van der Waals surface area contributed by atoms with Crippen LogP contribution in [0.15, 0.2) is 54.6 Å². The molecule has 0 radical (unpaired) electrons. The zero-order valence-electron chi connectivity index (χ0n) is 12.2. The molecule has 1 nitrogen and oxygen atoms in total. The molecule has 0 aromatic heterocycles. The van der Waals surface area contributed by atoms with E-state index < -0.39 is 0 Å². The average molecular weight is 265 g/mol. The summed E-state index contributed by atoms with van der Waals surface area (Å²) in [5.41, 5.74) is 4.47. The van der Waals surface area contributed by atoms with E-state index in [1.807, 2.05) is 0 Å². The Labute approximate surface area is 122 Å². The molecular formula is C19H23N. The standard InChI is InChI=1S/C19H23N/c1-2-17(14-15-8-4-3-5-9-15)20-19-13-12-16-10-6-7-11-18(16)19/h3-11,17,19-20H,2,12-14H2,1H3. The van der Waals surface area contributed by atoms with Crippen LogP contribution in [0.1, 0.15) is 42.5 Å². The lowest BCUT2D eigenvalue weighted by atomic mass is 10.0. The van der Waals surface area contributed by atoms with Gasteiger partial charge in [-0.3, -0.25) is 0 Å². The average Bonchev–Trinajstić information content (AvgIpc) is 2.91. The molecule has 2 atom stereocenters. The summed E-state index contributed by atoms with van der Waals surface area (Å²) in [5, 5.41) is 3.87. The van der Waals surface area contributed by atoms with Gasteiger partial charge in [0.2, 0.25) is 0 Å². The highest BCUT2D eigenvalue weighted by Gasteiger charge is 2.23. The van der Waals surface area contributed by atoms with E-state index in [1.54, 1.807) is 0 Å². The first-order valence-electron chi connectivity index (χ1n) is 7.74. The topological polar surface area (TPSA) is 12.0 Å². The molecule has 0 heterocycles. The molecule has 2 unspecified atom stereocenters. The van der Waals surface area contributed by atoms with Crippen molar-refractivity contribution < 1.29 is 0 Å². The van der Waals surface area contributed by atoms with Gasteiger partial charge in [-0.15, -0.1) is 0 Å². The van der Waals surface area contributed by atoms with E-state index in [4.69, 9.17) is 0 Å². The Bertz CT molecular complexity index is 547. The Balaban J connectivity index is 1.67. The highest BCUT2D eigenvalue weighted by Crippen LogP contribution is 2.31. The largest absolute Gasteiger partial charge is 0.307 e. The number of hydrogen-bond donors (Lipinski definition) is 1. The van der Waals surface area contributed by atoms with Crippen LogP contribution < -0.4 is 5.32 Å². The SMILES string of the molecule is CCC(Cc1ccccc1)NC1CCc2ccccc21. The molecule has 0 fully saturated rings. The number of hydrogen-bond acceptors (Lipinski definition) is 1. The van der Waals surface area contributed by atoms with E-state index in [2.05, 4.69) is 66.8 Å². The Morgan fingerprint density at radius 2 is 1.80 bits per heavy atom. The van der Waals surface area contributed by atoms with Crippen LogP contribution in [0.25, 0.3) is 0 Å². The molecule has 1 heteroatoms. The highest BCUT2D eigenvalue weighted by atomic mass is 15.0. The number of benzene rings is 2. The van der Waals surface area contributed by atoms with Crippen molar-refractivity contribution >= 4 is 0 Å². The van der Waals surface area contributed by atoms with Crippen LogP contribution in [0.5, 0.6) is 0 Å². The van der Waals surface area contributed by atoms with Crippen LogP contribution in [0.4, 0.5) is 0 Å². The lowest BCUT2D eigenvalue weighted by molar-refractivity contribution is 0.419. The summed E-state index contributed by atoms with van der Waals surface area (Å²) in [6.07, 6.45) is 4.75. The van der Waals surface area contributed by atoms with Crippen molar-refractivity contribution in [1.29, 1.82) is 0 Å². The molecule has 0 saturated carbocycles. The van der Waals surface area contributed by atoms with Crippen molar-refractivity contribution in [3.05, 3.63) is 71.3 Å². The van der Waals surface area contributed by atoms with Crippen LogP contribution in [-0.4, -0.2) is 6.04 Å². The second kappa shape index (κ2) is 6.23. The third kappa shape index (κ3) is 2.94. The molecule has 104 valence electrons. The second-order valence-electron chi connectivity index (χ2n) is 5.75. The first-order chi connectivity index (χ1) is 9.86. The minimum atomic E-state index is 0.542. The molecule has 0 bridgehead atoms. The van der Waals surface area contributed by atoms with Crippen molar-refractivity contribution in [1.82, 2.24) is 5.32 Å². The molecule has 3 rings (SSSR count). The van der Waals surface area contributed by atoms with E-state index in [9.17, 15) is 0 Å². The molecule has 1 aliphatic rings. The molecule has 0 saturated heterocycles. The monoisotopic (exact) mass is 265 g/mol. The maximum atomic E-state index is 3.87. The van der Waals surface area contributed by atoms with Crippen LogP contribution in [-0.2, 0) is 12.8 Å². The van der Waals surface area contributed by atoms with Gasteiger partial charge in [0.25, 0.3) is 0 Å². The van der Waals surface area contributed by atoms with Gasteiger partial charge in [0.05, 0.1) is 0 Å². The third-order valence-corrected chi connectivity index (χ3v) is 4.39. The predicted molar refractivity (Wildman–Crippen MR) is 84.9 cm³/mol. The normalized spacial score (nSPS) is 18.8. The van der Waals surface area contributed by atoms with Gasteiger partial charge in [0, 0.05) is 12.1 Å². The van der Waals surface area contributed by atoms with Gasteiger partial charge in [-0.25, -0.2) is 0 Å². The van der Waals surface area contributed by atoms with E-state index in [-0.39, 0.29) is 0 Å². The second-order valence-corrected chi connectivity index (χ2v) is 5.75. The molecule has 0 spiro atoms. The first kappa shape index (κ1) is 13.4. The summed E-state index contributed by atoms with van der Waals surface area (Å²) in [4.78, 5) is 0. The maximum Gasteiger partial charge on any atom is 0.0328 e. The van der Waals surface area contributed by atoms with Crippen molar-refractivity contribution in [2.45, 2.75) is 44.7 Å². The predicted octanol–water partition coefficient (Wildman–Crippen LogP) is 4.28. The van der Waals surface area contributed by atoms with Gasteiger partial charge in [0.15, 0.2) is 0 Å². The van der Waals surface area contributed by atoms with Gasteiger partial charge in [-0.2, -0.15) is 0 Å².